The third-order valence-corrected chi connectivity index (χ3v) is 4.34. The van der Waals surface area contributed by atoms with Crippen LogP contribution >= 0.6 is 0 Å². The quantitative estimate of drug-likeness (QED) is 0.766. The number of methoxy groups -OCH3 is 1. The van der Waals surface area contributed by atoms with Gasteiger partial charge in [0.1, 0.15) is 11.5 Å². The first-order valence-corrected chi connectivity index (χ1v) is 7.91. The summed E-state index contributed by atoms with van der Waals surface area (Å²) in [5.41, 5.74) is 2.36. The number of nitrogens with one attached hydrogen (secondary N) is 1. The van der Waals surface area contributed by atoms with Crippen molar-refractivity contribution in [2.24, 2.45) is 0 Å². The minimum Gasteiger partial charge on any atom is -0.497 e. The van der Waals surface area contributed by atoms with Crippen molar-refractivity contribution in [1.82, 2.24) is 0 Å². The highest BCUT2D eigenvalue weighted by Gasteiger charge is 2.21. The van der Waals surface area contributed by atoms with Crippen molar-refractivity contribution in [1.29, 1.82) is 0 Å². The standard InChI is InChI=1S/C20H19NO2/c1-22-16-9-7-15(8-10-16)21-20-13-11-18-17-5-3-2-4-14(17)6-12-19(18)23-20/h2-10,12,20-21H,11,13H2,1H3. The minimum absolute atomic E-state index is 0.00272. The van der Waals surface area contributed by atoms with E-state index in [1.165, 1.54) is 16.3 Å². The van der Waals surface area contributed by atoms with E-state index >= 15 is 0 Å². The van der Waals surface area contributed by atoms with Crippen molar-refractivity contribution in [2.75, 3.05) is 12.4 Å². The monoisotopic (exact) mass is 305 g/mol. The first-order valence-electron chi connectivity index (χ1n) is 7.91. The molecule has 3 heteroatoms. The van der Waals surface area contributed by atoms with Gasteiger partial charge >= 0.3 is 0 Å². The summed E-state index contributed by atoms with van der Waals surface area (Å²) in [6.07, 6.45) is 1.97. The molecular weight excluding hydrogens is 286 g/mol. The van der Waals surface area contributed by atoms with Crippen molar-refractivity contribution in [3.8, 4) is 11.5 Å². The van der Waals surface area contributed by atoms with E-state index in [4.69, 9.17) is 9.47 Å². The molecule has 1 unspecified atom stereocenters. The second kappa shape index (κ2) is 5.84. The summed E-state index contributed by atoms with van der Waals surface area (Å²) in [5, 5.41) is 6.02. The highest BCUT2D eigenvalue weighted by atomic mass is 16.5. The molecule has 4 rings (SSSR count). The fourth-order valence-corrected chi connectivity index (χ4v) is 3.15. The zero-order chi connectivity index (χ0) is 15.6. The molecule has 1 heterocycles. The van der Waals surface area contributed by atoms with Crippen LogP contribution in [0.15, 0.2) is 60.7 Å². The number of rotatable bonds is 3. The molecule has 1 aliphatic rings. The van der Waals surface area contributed by atoms with E-state index in [1.807, 2.05) is 24.3 Å². The van der Waals surface area contributed by atoms with Gasteiger partial charge in [-0.1, -0.05) is 30.3 Å². The Morgan fingerprint density at radius 1 is 1.00 bits per heavy atom. The highest BCUT2D eigenvalue weighted by Crippen LogP contribution is 2.34. The highest BCUT2D eigenvalue weighted by molar-refractivity contribution is 5.88. The second-order valence-electron chi connectivity index (χ2n) is 5.78. The van der Waals surface area contributed by atoms with Gasteiger partial charge in [0.25, 0.3) is 0 Å². The van der Waals surface area contributed by atoms with Crippen molar-refractivity contribution < 1.29 is 9.47 Å². The van der Waals surface area contributed by atoms with Crippen LogP contribution in [-0.4, -0.2) is 13.3 Å². The lowest BCUT2D eigenvalue weighted by Gasteiger charge is -2.28. The smallest absolute Gasteiger partial charge is 0.170 e. The molecule has 0 saturated heterocycles. The predicted octanol–water partition coefficient (Wildman–Crippen LogP) is 4.61. The average molecular weight is 305 g/mol. The summed E-state index contributed by atoms with van der Waals surface area (Å²) in [5.74, 6) is 1.85. The van der Waals surface area contributed by atoms with E-state index in [0.717, 1.165) is 30.0 Å². The zero-order valence-electron chi connectivity index (χ0n) is 13.1. The zero-order valence-corrected chi connectivity index (χ0v) is 13.1. The van der Waals surface area contributed by atoms with Crippen LogP contribution < -0.4 is 14.8 Å². The lowest BCUT2D eigenvalue weighted by Crippen LogP contribution is -2.30. The first-order chi connectivity index (χ1) is 11.3. The third kappa shape index (κ3) is 2.70. The van der Waals surface area contributed by atoms with Crippen LogP contribution in [0.5, 0.6) is 11.5 Å². The maximum absolute atomic E-state index is 6.16. The molecule has 3 aromatic carbocycles. The Morgan fingerprint density at radius 3 is 2.65 bits per heavy atom. The summed E-state index contributed by atoms with van der Waals surface area (Å²) >= 11 is 0. The summed E-state index contributed by atoms with van der Waals surface area (Å²) in [4.78, 5) is 0. The summed E-state index contributed by atoms with van der Waals surface area (Å²) in [6, 6.07) is 20.6. The Labute approximate surface area is 135 Å². The van der Waals surface area contributed by atoms with Crippen molar-refractivity contribution in [3.63, 3.8) is 0 Å². The summed E-state index contributed by atoms with van der Waals surface area (Å²) in [6.45, 7) is 0. The van der Waals surface area contributed by atoms with E-state index in [9.17, 15) is 0 Å². The second-order valence-corrected chi connectivity index (χ2v) is 5.78. The summed E-state index contributed by atoms with van der Waals surface area (Å²) < 4.78 is 11.3. The van der Waals surface area contributed by atoms with Crippen LogP contribution in [-0.2, 0) is 6.42 Å². The van der Waals surface area contributed by atoms with Crippen LogP contribution in [0.1, 0.15) is 12.0 Å². The predicted molar refractivity (Wildman–Crippen MR) is 93.3 cm³/mol. The molecule has 0 saturated carbocycles. The van der Waals surface area contributed by atoms with Gasteiger partial charge in [0.2, 0.25) is 0 Å². The average Bonchev–Trinajstić information content (AvgIpc) is 2.62. The normalized spacial score (nSPS) is 16.5. The Balaban J connectivity index is 1.55. The van der Waals surface area contributed by atoms with E-state index in [2.05, 4.69) is 41.7 Å². The van der Waals surface area contributed by atoms with Crippen molar-refractivity contribution in [3.05, 3.63) is 66.2 Å². The van der Waals surface area contributed by atoms with Gasteiger partial charge < -0.3 is 14.8 Å². The van der Waals surface area contributed by atoms with Gasteiger partial charge in [0.15, 0.2) is 6.23 Å². The molecule has 0 aliphatic carbocycles. The molecular formula is C20H19NO2. The molecule has 0 aromatic heterocycles. The van der Waals surface area contributed by atoms with Gasteiger partial charge in [-0.15, -0.1) is 0 Å². The fraction of sp³-hybridized carbons (Fsp3) is 0.200. The number of hydrogen-bond acceptors (Lipinski definition) is 3. The van der Waals surface area contributed by atoms with Gasteiger partial charge in [-0.25, -0.2) is 0 Å². The Bertz CT molecular complexity index is 827. The molecule has 3 aromatic rings. The Morgan fingerprint density at radius 2 is 1.83 bits per heavy atom. The van der Waals surface area contributed by atoms with Crippen LogP contribution in [0.4, 0.5) is 5.69 Å². The van der Waals surface area contributed by atoms with E-state index in [-0.39, 0.29) is 6.23 Å². The third-order valence-electron chi connectivity index (χ3n) is 4.34. The molecule has 23 heavy (non-hydrogen) atoms. The molecule has 1 aliphatic heterocycles. The van der Waals surface area contributed by atoms with Gasteiger partial charge in [0.05, 0.1) is 7.11 Å². The van der Waals surface area contributed by atoms with Crippen LogP contribution in [0, 0.1) is 0 Å². The number of anilines is 1. The molecule has 1 atom stereocenters. The van der Waals surface area contributed by atoms with Crippen LogP contribution in [0.3, 0.4) is 0 Å². The lowest BCUT2D eigenvalue weighted by atomic mass is 9.97. The van der Waals surface area contributed by atoms with Gasteiger partial charge in [0, 0.05) is 17.7 Å². The van der Waals surface area contributed by atoms with E-state index in [0.29, 0.717) is 0 Å². The molecule has 0 spiro atoms. The van der Waals surface area contributed by atoms with Gasteiger partial charge in [-0.2, -0.15) is 0 Å². The molecule has 0 amide bonds. The van der Waals surface area contributed by atoms with Gasteiger partial charge in [-0.3, -0.25) is 0 Å². The molecule has 116 valence electrons. The van der Waals surface area contributed by atoms with E-state index in [1.54, 1.807) is 7.11 Å². The minimum atomic E-state index is -0.00272. The first kappa shape index (κ1) is 13.9. The topological polar surface area (TPSA) is 30.5 Å². The molecule has 0 radical (unpaired) electrons. The van der Waals surface area contributed by atoms with Gasteiger partial charge in [-0.05, 0) is 47.5 Å². The van der Waals surface area contributed by atoms with Crippen molar-refractivity contribution in [2.45, 2.75) is 19.1 Å². The maximum Gasteiger partial charge on any atom is 0.170 e. The number of aryl methyl sites for hydroxylation is 1. The molecule has 1 N–H and O–H groups in total. The Kier molecular flexibility index (Phi) is 3.54. The van der Waals surface area contributed by atoms with E-state index < -0.39 is 0 Å². The van der Waals surface area contributed by atoms with Crippen molar-refractivity contribution >= 4 is 16.5 Å². The summed E-state index contributed by atoms with van der Waals surface area (Å²) in [7, 11) is 1.67. The number of fused-ring (bicyclic) bond motifs is 3. The number of benzene rings is 3. The number of hydrogen-bond donors (Lipinski definition) is 1. The fourth-order valence-electron chi connectivity index (χ4n) is 3.15. The number of ether oxygens (including phenoxy) is 2. The molecule has 0 fully saturated rings. The largest absolute Gasteiger partial charge is 0.497 e. The van der Waals surface area contributed by atoms with Crippen LogP contribution in [0.25, 0.3) is 10.8 Å². The maximum atomic E-state index is 6.16. The van der Waals surface area contributed by atoms with Crippen LogP contribution in [0.2, 0.25) is 0 Å². The lowest BCUT2D eigenvalue weighted by molar-refractivity contribution is 0.201. The molecule has 3 nitrogen and oxygen atoms in total. The SMILES string of the molecule is COc1ccc(NC2CCc3c(ccc4ccccc34)O2)cc1. The Hall–Kier alpha value is -2.68. The molecule has 0 bridgehead atoms.